The predicted octanol–water partition coefficient (Wildman–Crippen LogP) is 1.28. The Bertz CT molecular complexity index is 467. The predicted molar refractivity (Wildman–Crippen MR) is 56.9 cm³/mol. The summed E-state index contributed by atoms with van der Waals surface area (Å²) in [6.07, 6.45) is 0.737. The third-order valence-electron chi connectivity index (χ3n) is 2.59. The number of nitrogens with one attached hydrogen (secondary N) is 1. The van der Waals surface area contributed by atoms with Gasteiger partial charge in [0.1, 0.15) is 5.75 Å². The van der Waals surface area contributed by atoms with E-state index in [0.29, 0.717) is 29.8 Å². The van der Waals surface area contributed by atoms with Crippen molar-refractivity contribution in [1.29, 1.82) is 0 Å². The minimum atomic E-state index is -0.991. The van der Waals surface area contributed by atoms with E-state index in [4.69, 9.17) is 9.84 Å². The first kappa shape index (κ1) is 10.5. The number of hydrogen-bond donors (Lipinski definition) is 2. The minimum Gasteiger partial charge on any atom is -0.495 e. The van der Waals surface area contributed by atoms with Gasteiger partial charge in [0.15, 0.2) is 0 Å². The molecular formula is C11H11NO4. The molecule has 16 heavy (non-hydrogen) atoms. The third-order valence-corrected chi connectivity index (χ3v) is 2.59. The highest BCUT2D eigenvalue weighted by molar-refractivity contribution is 6.00. The molecule has 1 aromatic carbocycles. The molecule has 2 rings (SSSR count). The van der Waals surface area contributed by atoms with Crippen molar-refractivity contribution in [2.45, 2.75) is 12.8 Å². The zero-order valence-corrected chi connectivity index (χ0v) is 8.74. The van der Waals surface area contributed by atoms with Crippen LogP contribution >= 0.6 is 0 Å². The van der Waals surface area contributed by atoms with Crippen molar-refractivity contribution in [3.63, 3.8) is 0 Å². The average Bonchev–Trinajstić information content (AvgIpc) is 2.27. The SMILES string of the molecule is COc1ccc(C(=O)O)c2c1NC(=O)CC2. The van der Waals surface area contributed by atoms with Crippen molar-refractivity contribution in [2.75, 3.05) is 12.4 Å². The van der Waals surface area contributed by atoms with Crippen LogP contribution in [0.4, 0.5) is 5.69 Å². The second kappa shape index (κ2) is 3.84. The number of benzene rings is 1. The van der Waals surface area contributed by atoms with Crippen LogP contribution in [-0.4, -0.2) is 24.1 Å². The molecule has 0 saturated carbocycles. The van der Waals surface area contributed by atoms with Crippen molar-refractivity contribution < 1.29 is 19.4 Å². The minimum absolute atomic E-state index is 0.117. The summed E-state index contributed by atoms with van der Waals surface area (Å²) in [7, 11) is 1.48. The summed E-state index contributed by atoms with van der Waals surface area (Å²) < 4.78 is 5.09. The summed E-state index contributed by atoms with van der Waals surface area (Å²) in [5.41, 5.74) is 1.33. The Morgan fingerprint density at radius 2 is 2.19 bits per heavy atom. The fourth-order valence-corrected chi connectivity index (χ4v) is 1.83. The molecule has 1 amide bonds. The Labute approximate surface area is 92.0 Å². The average molecular weight is 221 g/mol. The molecule has 0 unspecified atom stereocenters. The van der Waals surface area contributed by atoms with Gasteiger partial charge in [-0.25, -0.2) is 4.79 Å². The number of ether oxygens (including phenoxy) is 1. The first-order valence-corrected chi connectivity index (χ1v) is 4.86. The Hall–Kier alpha value is -2.04. The summed E-state index contributed by atoms with van der Waals surface area (Å²) in [5.74, 6) is -0.614. The van der Waals surface area contributed by atoms with Gasteiger partial charge in [-0.2, -0.15) is 0 Å². The van der Waals surface area contributed by atoms with Crippen LogP contribution in [0.2, 0.25) is 0 Å². The molecule has 0 fully saturated rings. The summed E-state index contributed by atoms with van der Waals surface area (Å²) in [6, 6.07) is 3.05. The van der Waals surface area contributed by atoms with Crippen LogP contribution in [0.1, 0.15) is 22.3 Å². The van der Waals surface area contributed by atoms with Crippen molar-refractivity contribution in [1.82, 2.24) is 0 Å². The van der Waals surface area contributed by atoms with E-state index in [1.165, 1.54) is 13.2 Å². The monoisotopic (exact) mass is 221 g/mol. The Balaban J connectivity index is 2.59. The molecule has 0 saturated heterocycles. The van der Waals surface area contributed by atoms with E-state index in [9.17, 15) is 9.59 Å². The van der Waals surface area contributed by atoms with Gasteiger partial charge in [-0.15, -0.1) is 0 Å². The summed E-state index contributed by atoms with van der Waals surface area (Å²) in [4.78, 5) is 22.3. The van der Waals surface area contributed by atoms with Crippen LogP contribution < -0.4 is 10.1 Å². The van der Waals surface area contributed by atoms with E-state index >= 15 is 0 Å². The zero-order chi connectivity index (χ0) is 11.7. The van der Waals surface area contributed by atoms with Gasteiger partial charge in [-0.1, -0.05) is 0 Å². The third kappa shape index (κ3) is 1.60. The standard InChI is InChI=1S/C11H11NO4/c1-16-8-4-2-7(11(14)15)6-3-5-9(13)12-10(6)8/h2,4H,3,5H2,1H3,(H,12,13)(H,14,15). The Kier molecular flexibility index (Phi) is 2.52. The van der Waals surface area contributed by atoms with E-state index < -0.39 is 5.97 Å². The fourth-order valence-electron chi connectivity index (χ4n) is 1.83. The second-order valence-electron chi connectivity index (χ2n) is 3.52. The number of carbonyl (C=O) groups is 2. The molecule has 1 aliphatic heterocycles. The molecule has 1 heterocycles. The van der Waals surface area contributed by atoms with Crippen molar-refractivity contribution in [3.05, 3.63) is 23.3 Å². The number of aromatic carboxylic acids is 1. The number of carboxylic acids is 1. The first-order valence-electron chi connectivity index (χ1n) is 4.86. The van der Waals surface area contributed by atoms with Crippen molar-refractivity contribution in [3.8, 4) is 5.75 Å². The molecule has 84 valence electrons. The van der Waals surface area contributed by atoms with Gasteiger partial charge in [0, 0.05) is 6.42 Å². The number of carbonyl (C=O) groups excluding carboxylic acids is 1. The van der Waals surface area contributed by atoms with E-state index in [0.717, 1.165) is 0 Å². The van der Waals surface area contributed by atoms with Gasteiger partial charge in [-0.05, 0) is 24.1 Å². The number of fused-ring (bicyclic) bond motifs is 1. The Morgan fingerprint density at radius 1 is 1.44 bits per heavy atom. The largest absolute Gasteiger partial charge is 0.495 e. The molecule has 5 nitrogen and oxygen atoms in total. The first-order chi connectivity index (χ1) is 7.63. The molecule has 1 aliphatic rings. The molecule has 0 radical (unpaired) electrons. The second-order valence-corrected chi connectivity index (χ2v) is 3.52. The van der Waals surface area contributed by atoms with Gasteiger partial charge in [-0.3, -0.25) is 4.79 Å². The van der Waals surface area contributed by atoms with Crippen LogP contribution in [0.25, 0.3) is 0 Å². The highest BCUT2D eigenvalue weighted by Gasteiger charge is 2.23. The maximum Gasteiger partial charge on any atom is 0.336 e. The van der Waals surface area contributed by atoms with Gasteiger partial charge >= 0.3 is 5.97 Å². The highest BCUT2D eigenvalue weighted by Crippen LogP contribution is 2.34. The van der Waals surface area contributed by atoms with Crippen LogP contribution in [0.5, 0.6) is 5.75 Å². The molecule has 2 N–H and O–H groups in total. The van der Waals surface area contributed by atoms with E-state index in [2.05, 4.69) is 5.32 Å². The number of rotatable bonds is 2. The topological polar surface area (TPSA) is 75.6 Å². The lowest BCUT2D eigenvalue weighted by Gasteiger charge is -2.20. The highest BCUT2D eigenvalue weighted by atomic mass is 16.5. The van der Waals surface area contributed by atoms with E-state index in [1.54, 1.807) is 6.07 Å². The lowest BCUT2D eigenvalue weighted by molar-refractivity contribution is -0.116. The smallest absolute Gasteiger partial charge is 0.336 e. The van der Waals surface area contributed by atoms with Gasteiger partial charge in [0.25, 0.3) is 0 Å². The Morgan fingerprint density at radius 3 is 2.81 bits per heavy atom. The van der Waals surface area contributed by atoms with E-state index in [-0.39, 0.29) is 11.5 Å². The molecule has 0 aromatic heterocycles. The van der Waals surface area contributed by atoms with Crippen LogP contribution in [0, 0.1) is 0 Å². The summed E-state index contributed by atoms with van der Waals surface area (Å²) in [5, 5.41) is 11.7. The number of methoxy groups -OCH3 is 1. The van der Waals surface area contributed by atoms with Gasteiger partial charge < -0.3 is 15.2 Å². The maximum atomic E-state index is 11.3. The maximum absolute atomic E-state index is 11.3. The molecule has 0 aliphatic carbocycles. The van der Waals surface area contributed by atoms with Crippen molar-refractivity contribution >= 4 is 17.6 Å². The molecule has 5 heteroatoms. The van der Waals surface area contributed by atoms with Crippen molar-refractivity contribution in [2.24, 2.45) is 0 Å². The number of hydrogen-bond acceptors (Lipinski definition) is 3. The number of carboxylic acid groups (broad SMARTS) is 1. The van der Waals surface area contributed by atoms with Gasteiger partial charge in [0.05, 0.1) is 18.4 Å². The quantitative estimate of drug-likeness (QED) is 0.788. The van der Waals surface area contributed by atoms with Crippen LogP contribution in [-0.2, 0) is 11.2 Å². The fraction of sp³-hybridized carbons (Fsp3) is 0.273. The molecule has 0 bridgehead atoms. The van der Waals surface area contributed by atoms with Gasteiger partial charge in [0.2, 0.25) is 5.91 Å². The molecular weight excluding hydrogens is 210 g/mol. The molecule has 1 aromatic rings. The van der Waals surface area contributed by atoms with Crippen LogP contribution in [0.15, 0.2) is 12.1 Å². The lowest BCUT2D eigenvalue weighted by Crippen LogP contribution is -2.21. The molecule has 0 spiro atoms. The van der Waals surface area contributed by atoms with E-state index in [1.807, 2.05) is 0 Å². The van der Waals surface area contributed by atoms with Crippen LogP contribution in [0.3, 0.4) is 0 Å². The summed E-state index contributed by atoms with van der Waals surface area (Å²) in [6.45, 7) is 0. The number of anilines is 1. The zero-order valence-electron chi connectivity index (χ0n) is 8.74. The number of amides is 1. The normalized spacial score (nSPS) is 13.9. The summed E-state index contributed by atoms with van der Waals surface area (Å²) >= 11 is 0. The lowest BCUT2D eigenvalue weighted by atomic mass is 9.96. The molecule has 0 atom stereocenters.